The average molecular weight is 800 g/mol. The van der Waals surface area contributed by atoms with Crippen LogP contribution in [0.15, 0.2) is 80.3 Å². The predicted octanol–water partition coefficient (Wildman–Crippen LogP) is 8.91. The number of nitrogens with one attached hydrogen (secondary N) is 3. The van der Waals surface area contributed by atoms with Crippen LogP contribution in [0.3, 0.4) is 0 Å². The van der Waals surface area contributed by atoms with E-state index in [4.69, 9.17) is 15.5 Å². The number of benzene rings is 2. The number of allylic oxidation sites excluding steroid dienone is 1. The minimum atomic E-state index is -0.450. The number of nitrogens with zero attached hydrogens (tertiary/aromatic N) is 3. The van der Waals surface area contributed by atoms with Gasteiger partial charge in [-0.15, -0.1) is 0 Å². The minimum absolute atomic E-state index is 0.0295. The molecule has 3 unspecified atom stereocenters. The molecule has 5 N–H and O–H groups in total. The van der Waals surface area contributed by atoms with Gasteiger partial charge in [-0.2, -0.15) is 0 Å². The highest BCUT2D eigenvalue weighted by Gasteiger charge is 2.37. The normalized spacial score (nSPS) is 19.3. The van der Waals surface area contributed by atoms with Crippen molar-refractivity contribution >= 4 is 34.1 Å². The molecule has 314 valence electrons. The second-order valence-electron chi connectivity index (χ2n) is 16.0. The number of aryl methyl sites for hydroxylation is 2. The number of rotatable bonds is 7. The molecule has 1 aliphatic carbocycles. The van der Waals surface area contributed by atoms with Crippen LogP contribution in [-0.2, 0) is 9.53 Å². The van der Waals surface area contributed by atoms with Gasteiger partial charge in [0.05, 0.1) is 17.0 Å². The van der Waals surface area contributed by atoms with Crippen molar-refractivity contribution in [3.63, 3.8) is 0 Å². The third-order valence-corrected chi connectivity index (χ3v) is 10.5. The molecule has 2 amide bonds. The molecular weight excluding hydrogens is 738 g/mol. The quantitative estimate of drug-likeness (QED) is 0.135. The van der Waals surface area contributed by atoms with Crippen LogP contribution in [0.25, 0.3) is 10.9 Å². The van der Waals surface area contributed by atoms with E-state index < -0.39 is 5.76 Å². The number of hydrogen-bond acceptors (Lipinski definition) is 8. The number of amides is 2. The second kappa shape index (κ2) is 20.9. The van der Waals surface area contributed by atoms with Crippen LogP contribution in [0.5, 0.6) is 0 Å². The van der Waals surface area contributed by atoms with Crippen molar-refractivity contribution in [3.8, 4) is 0 Å². The van der Waals surface area contributed by atoms with E-state index in [1.165, 1.54) is 26.2 Å². The summed E-state index contributed by atoms with van der Waals surface area (Å²) in [6.45, 7) is 19.4. The fourth-order valence-electron chi connectivity index (χ4n) is 6.73. The van der Waals surface area contributed by atoms with Crippen LogP contribution in [0.4, 0.5) is 10.1 Å². The lowest BCUT2D eigenvalue weighted by Gasteiger charge is -2.31. The summed E-state index contributed by atoms with van der Waals surface area (Å²) >= 11 is 0. The fourth-order valence-corrected chi connectivity index (χ4v) is 6.73. The van der Waals surface area contributed by atoms with Crippen molar-refractivity contribution in [2.75, 3.05) is 19.7 Å². The molecule has 13 heteroatoms. The molecule has 4 aromatic rings. The molecule has 3 aliphatic rings. The number of para-hydroxylation sites is 1. The summed E-state index contributed by atoms with van der Waals surface area (Å²) in [7, 11) is 0. The van der Waals surface area contributed by atoms with Gasteiger partial charge in [0, 0.05) is 61.1 Å². The maximum absolute atomic E-state index is 14.1. The van der Waals surface area contributed by atoms with Crippen molar-refractivity contribution in [2.45, 2.75) is 112 Å². The molecule has 4 heterocycles. The van der Waals surface area contributed by atoms with E-state index >= 15 is 0 Å². The number of ether oxygens (including phenoxy) is 1. The number of fused-ring (bicyclic) bond motifs is 1. The largest absolute Gasteiger partial charge is 0.438 e. The van der Waals surface area contributed by atoms with Gasteiger partial charge in [-0.05, 0) is 120 Å². The molecule has 58 heavy (non-hydrogen) atoms. The Hall–Kier alpha value is -5.30. The number of carbonyl (C=O) groups excluding carboxylic acids is 2. The van der Waals surface area contributed by atoms with Gasteiger partial charge in [0.2, 0.25) is 5.91 Å². The molecule has 1 saturated carbocycles. The van der Waals surface area contributed by atoms with Gasteiger partial charge in [0.1, 0.15) is 11.5 Å². The Kier molecular flexibility index (Phi) is 16.4. The first-order valence-corrected chi connectivity index (χ1v) is 20.3. The van der Waals surface area contributed by atoms with Gasteiger partial charge in [-0.1, -0.05) is 50.2 Å². The van der Waals surface area contributed by atoms with Gasteiger partial charge >= 0.3 is 5.76 Å². The molecule has 2 fully saturated rings. The Bertz CT molecular complexity index is 2100. The van der Waals surface area contributed by atoms with Crippen LogP contribution >= 0.6 is 0 Å². The molecule has 0 radical (unpaired) electrons. The van der Waals surface area contributed by atoms with Crippen LogP contribution in [-0.4, -0.2) is 62.8 Å². The first kappa shape index (κ1) is 45.4. The number of H-pyrrole nitrogens is 2. The van der Waals surface area contributed by atoms with E-state index in [9.17, 15) is 18.8 Å². The lowest BCUT2D eigenvalue weighted by atomic mass is 9.91. The highest BCUT2D eigenvalue weighted by Crippen LogP contribution is 2.44. The molecule has 7 rings (SSSR count). The molecule has 0 spiro atoms. The van der Waals surface area contributed by atoms with E-state index in [0.29, 0.717) is 59.7 Å². The van der Waals surface area contributed by atoms with Crippen LogP contribution in [0, 0.1) is 31.5 Å². The summed E-state index contributed by atoms with van der Waals surface area (Å²) in [6, 6.07) is 13.3. The number of aromatic nitrogens is 3. The van der Waals surface area contributed by atoms with Gasteiger partial charge in [0.25, 0.3) is 5.91 Å². The molecule has 1 saturated heterocycles. The van der Waals surface area contributed by atoms with Gasteiger partial charge in [-0.3, -0.25) is 24.1 Å². The highest BCUT2D eigenvalue weighted by molar-refractivity contribution is 6.05. The number of aromatic amines is 2. The molecule has 2 aromatic carbocycles. The SMILES string of the molecule is C/C=C\NC(C)=O.CC1(C)CCCCO1.CC1CC1c1noc(=O)[nH]1.CCC(C)C(=Nc1cc(C)c(F)c(C)c1)C1=C(N)CCN(C(=O)c2cc3ccccc3[nH]2)C1. The first-order valence-electron chi connectivity index (χ1n) is 20.3. The molecule has 0 bridgehead atoms. The van der Waals surface area contributed by atoms with Gasteiger partial charge in [0.15, 0.2) is 5.82 Å². The summed E-state index contributed by atoms with van der Waals surface area (Å²) in [5, 5.41) is 7.07. The number of hydrogen-bond donors (Lipinski definition) is 4. The second-order valence-corrected chi connectivity index (χ2v) is 16.0. The maximum atomic E-state index is 14.1. The third-order valence-electron chi connectivity index (χ3n) is 10.5. The summed E-state index contributed by atoms with van der Waals surface area (Å²) < 4.78 is 24.0. The summed E-state index contributed by atoms with van der Waals surface area (Å²) in [6.07, 6.45) is 9.78. The van der Waals surface area contributed by atoms with Crippen LogP contribution in [0.2, 0.25) is 0 Å². The maximum Gasteiger partial charge on any atom is 0.438 e. The smallest absolute Gasteiger partial charge is 0.402 e. The van der Waals surface area contributed by atoms with Crippen molar-refractivity contribution in [1.29, 1.82) is 0 Å². The molecule has 12 nitrogen and oxygen atoms in total. The zero-order valence-corrected chi connectivity index (χ0v) is 35.6. The van der Waals surface area contributed by atoms with E-state index in [-0.39, 0.29) is 29.2 Å². The van der Waals surface area contributed by atoms with Crippen molar-refractivity contribution in [3.05, 3.63) is 105 Å². The van der Waals surface area contributed by atoms with Crippen LogP contribution in [0.1, 0.15) is 120 Å². The predicted molar refractivity (Wildman–Crippen MR) is 229 cm³/mol. The van der Waals surface area contributed by atoms with Crippen LogP contribution < -0.4 is 16.8 Å². The minimum Gasteiger partial charge on any atom is -0.402 e. The Labute approximate surface area is 341 Å². The van der Waals surface area contributed by atoms with E-state index in [0.717, 1.165) is 47.3 Å². The number of halogens is 1. The fraction of sp³-hybridized carbons (Fsp3) is 0.489. The van der Waals surface area contributed by atoms with Crippen molar-refractivity contribution in [1.82, 2.24) is 25.3 Å². The first-order chi connectivity index (χ1) is 27.5. The summed E-state index contributed by atoms with van der Waals surface area (Å²) in [5.41, 5.74) is 12.5. The molecule has 2 aliphatic heterocycles. The summed E-state index contributed by atoms with van der Waals surface area (Å²) in [5.74, 6) is 1.21. The monoisotopic (exact) mass is 799 g/mol. The Morgan fingerprint density at radius 1 is 1.16 bits per heavy atom. The summed E-state index contributed by atoms with van der Waals surface area (Å²) in [4.78, 5) is 46.3. The Morgan fingerprint density at radius 2 is 1.84 bits per heavy atom. The zero-order chi connectivity index (χ0) is 42.6. The van der Waals surface area contributed by atoms with E-state index in [1.807, 2.05) is 42.2 Å². The van der Waals surface area contributed by atoms with Crippen molar-refractivity contribution < 1.29 is 23.2 Å². The van der Waals surface area contributed by atoms with Gasteiger partial charge < -0.3 is 25.7 Å². The third kappa shape index (κ3) is 13.1. The lowest BCUT2D eigenvalue weighted by Crippen LogP contribution is -2.41. The zero-order valence-electron chi connectivity index (χ0n) is 35.6. The highest BCUT2D eigenvalue weighted by atomic mass is 19.1. The Balaban J connectivity index is 0.000000238. The lowest BCUT2D eigenvalue weighted by molar-refractivity contribution is -0.118. The van der Waals surface area contributed by atoms with Crippen molar-refractivity contribution in [2.24, 2.45) is 22.6 Å². The topological polar surface area (TPSA) is 172 Å². The molecule has 2 aromatic heterocycles. The number of carbonyl (C=O) groups is 2. The molecule has 3 atom stereocenters. The number of nitrogens with two attached hydrogens (primary N) is 1. The van der Waals surface area contributed by atoms with Gasteiger partial charge in [-0.25, -0.2) is 9.18 Å². The average Bonchev–Trinajstić information content (AvgIpc) is 3.53. The van der Waals surface area contributed by atoms with E-state index in [2.05, 4.69) is 59.6 Å². The number of aliphatic imine (C=N–C) groups is 1. The molecular formula is C45H62FN7O5. The standard InChI is InChI=1S/C27H31FN4O.C7H14O.C6H8N2O2.C5H9NO/c1-5-16(2)26(30-20-12-17(3)25(28)18(4)13-20)21-15-32(11-10-22(21)29)27(33)24-14-19-8-6-7-9-23(19)31-24;1-7(2)5-3-4-6-8-7;1-3-2-4(3)5-7-6(9)10-8-5;1-3-4-6-5(2)7/h6-9,12-14,16,31H,5,10-11,15,29H2,1-4H3;3-6H2,1-2H3;3-4H,2H2,1H3,(H,7,8,9);3-4H,1-2H3,(H,6,7)/b;;;4-3-. The van der Waals surface area contributed by atoms with E-state index in [1.54, 1.807) is 38.3 Å². The Morgan fingerprint density at radius 3 is 2.34 bits per heavy atom.